The van der Waals surface area contributed by atoms with Crippen molar-refractivity contribution in [2.24, 2.45) is 0 Å². The molecule has 3 N–H and O–H groups in total. The fourth-order valence-corrected chi connectivity index (χ4v) is 3.05. The van der Waals surface area contributed by atoms with E-state index in [9.17, 15) is 14.4 Å². The first-order valence-electron chi connectivity index (χ1n) is 8.48. The summed E-state index contributed by atoms with van der Waals surface area (Å²) in [5, 5.41) is 14.6. The van der Waals surface area contributed by atoms with Crippen LogP contribution in [0.3, 0.4) is 0 Å². The highest BCUT2D eigenvalue weighted by Crippen LogP contribution is 2.35. The van der Waals surface area contributed by atoms with Crippen LogP contribution in [0.2, 0.25) is 0 Å². The lowest BCUT2D eigenvalue weighted by Gasteiger charge is -2.41. The summed E-state index contributed by atoms with van der Waals surface area (Å²) in [6.07, 6.45) is 2.20. The second kappa shape index (κ2) is 7.39. The molecule has 2 amide bonds. The normalized spacial score (nSPS) is 14.8. The number of anilines is 1. The molecule has 0 saturated heterocycles. The topological polar surface area (TPSA) is 95.5 Å². The molecule has 0 bridgehead atoms. The molecule has 0 aliphatic heterocycles. The molecule has 0 heterocycles. The van der Waals surface area contributed by atoms with Gasteiger partial charge in [0, 0.05) is 16.8 Å². The van der Waals surface area contributed by atoms with Crippen LogP contribution in [-0.2, 0) is 4.79 Å². The first kappa shape index (κ1) is 17.7. The van der Waals surface area contributed by atoms with E-state index < -0.39 is 11.5 Å². The average molecular weight is 352 g/mol. The molecule has 1 aliphatic carbocycles. The maximum atomic E-state index is 12.4. The van der Waals surface area contributed by atoms with Crippen molar-refractivity contribution in [2.75, 3.05) is 5.32 Å². The third kappa shape index (κ3) is 4.08. The Balaban J connectivity index is 1.63. The Morgan fingerprint density at radius 2 is 1.50 bits per heavy atom. The Kier molecular flexibility index (Phi) is 5.02. The van der Waals surface area contributed by atoms with E-state index in [0.29, 0.717) is 29.7 Å². The number of amides is 2. The number of carbonyl (C=O) groups excluding carboxylic acids is 2. The number of hydrogen-bond acceptors (Lipinski definition) is 3. The monoisotopic (exact) mass is 352 g/mol. The maximum absolute atomic E-state index is 12.4. The molecule has 6 nitrogen and oxygen atoms in total. The first-order chi connectivity index (χ1) is 12.5. The summed E-state index contributed by atoms with van der Waals surface area (Å²) >= 11 is 0. The Labute approximate surface area is 151 Å². The highest BCUT2D eigenvalue weighted by atomic mass is 16.4. The molecule has 0 unspecified atom stereocenters. The SMILES string of the molecule is O=C(O)CC1(NC(=O)c2ccc(NC(=O)c3ccccc3)cc2)CCC1. The molecule has 0 radical (unpaired) electrons. The Bertz CT molecular complexity index is 811. The van der Waals surface area contributed by atoms with Crippen LogP contribution >= 0.6 is 0 Å². The third-order valence-corrected chi connectivity index (χ3v) is 4.62. The van der Waals surface area contributed by atoms with Crippen LogP contribution in [0.1, 0.15) is 46.4 Å². The highest BCUT2D eigenvalue weighted by molar-refractivity contribution is 6.04. The van der Waals surface area contributed by atoms with Crippen LogP contribution in [0.5, 0.6) is 0 Å². The van der Waals surface area contributed by atoms with E-state index in [1.807, 2.05) is 6.07 Å². The van der Waals surface area contributed by atoms with Crippen molar-refractivity contribution in [3.8, 4) is 0 Å². The van der Waals surface area contributed by atoms with Crippen molar-refractivity contribution in [3.63, 3.8) is 0 Å². The molecule has 0 aromatic heterocycles. The predicted molar refractivity (Wildman–Crippen MR) is 97.1 cm³/mol. The largest absolute Gasteiger partial charge is 0.481 e. The minimum atomic E-state index is -0.913. The van der Waals surface area contributed by atoms with Gasteiger partial charge in [0.05, 0.1) is 12.0 Å². The van der Waals surface area contributed by atoms with Gasteiger partial charge in [0.2, 0.25) is 0 Å². The second-order valence-electron chi connectivity index (χ2n) is 6.56. The fourth-order valence-electron chi connectivity index (χ4n) is 3.05. The van der Waals surface area contributed by atoms with Gasteiger partial charge in [-0.2, -0.15) is 0 Å². The van der Waals surface area contributed by atoms with E-state index in [1.54, 1.807) is 48.5 Å². The van der Waals surface area contributed by atoms with E-state index in [0.717, 1.165) is 6.42 Å². The zero-order chi connectivity index (χ0) is 18.6. The van der Waals surface area contributed by atoms with Crippen LogP contribution in [0.15, 0.2) is 54.6 Å². The average Bonchev–Trinajstić information content (AvgIpc) is 2.60. The van der Waals surface area contributed by atoms with Gasteiger partial charge in [-0.1, -0.05) is 18.2 Å². The number of carbonyl (C=O) groups is 3. The molecule has 1 aliphatic rings. The Morgan fingerprint density at radius 1 is 0.885 bits per heavy atom. The number of hydrogen-bond donors (Lipinski definition) is 3. The van der Waals surface area contributed by atoms with Gasteiger partial charge in [0.15, 0.2) is 0 Å². The van der Waals surface area contributed by atoms with Gasteiger partial charge in [-0.15, -0.1) is 0 Å². The number of carboxylic acid groups (broad SMARTS) is 1. The Morgan fingerprint density at radius 3 is 2.04 bits per heavy atom. The number of carboxylic acids is 1. The molecule has 26 heavy (non-hydrogen) atoms. The summed E-state index contributed by atoms with van der Waals surface area (Å²) in [6.45, 7) is 0. The lowest BCUT2D eigenvalue weighted by atomic mass is 9.74. The number of rotatable bonds is 6. The van der Waals surface area contributed by atoms with E-state index in [2.05, 4.69) is 10.6 Å². The van der Waals surface area contributed by atoms with Crippen molar-refractivity contribution in [1.82, 2.24) is 5.32 Å². The van der Waals surface area contributed by atoms with Crippen LogP contribution in [0.25, 0.3) is 0 Å². The van der Waals surface area contributed by atoms with Crippen LogP contribution < -0.4 is 10.6 Å². The smallest absolute Gasteiger partial charge is 0.305 e. The second-order valence-corrected chi connectivity index (χ2v) is 6.56. The molecule has 1 saturated carbocycles. The molecular weight excluding hydrogens is 332 g/mol. The summed E-state index contributed by atoms with van der Waals surface area (Å²) < 4.78 is 0. The van der Waals surface area contributed by atoms with E-state index in [1.165, 1.54) is 0 Å². The summed E-state index contributed by atoms with van der Waals surface area (Å²) in [5.41, 5.74) is 0.928. The minimum Gasteiger partial charge on any atom is -0.481 e. The summed E-state index contributed by atoms with van der Waals surface area (Å²) in [5.74, 6) is -1.44. The maximum Gasteiger partial charge on any atom is 0.305 e. The number of aliphatic carboxylic acids is 1. The van der Waals surface area contributed by atoms with Crippen molar-refractivity contribution < 1.29 is 19.5 Å². The minimum absolute atomic E-state index is 0.0655. The summed E-state index contributed by atoms with van der Waals surface area (Å²) in [7, 11) is 0. The third-order valence-electron chi connectivity index (χ3n) is 4.62. The van der Waals surface area contributed by atoms with Crippen molar-refractivity contribution in [2.45, 2.75) is 31.2 Å². The quantitative estimate of drug-likeness (QED) is 0.744. The molecule has 1 fully saturated rings. The van der Waals surface area contributed by atoms with Gasteiger partial charge in [-0.05, 0) is 55.7 Å². The van der Waals surface area contributed by atoms with Crippen molar-refractivity contribution in [3.05, 3.63) is 65.7 Å². The van der Waals surface area contributed by atoms with Gasteiger partial charge in [-0.25, -0.2) is 0 Å². The number of nitrogens with one attached hydrogen (secondary N) is 2. The molecule has 0 spiro atoms. The van der Waals surface area contributed by atoms with Gasteiger partial charge in [-0.3, -0.25) is 14.4 Å². The predicted octanol–water partition coefficient (Wildman–Crippen LogP) is 3.07. The molecular formula is C20H20N2O4. The molecule has 2 aromatic rings. The summed E-state index contributed by atoms with van der Waals surface area (Å²) in [6, 6.07) is 15.4. The van der Waals surface area contributed by atoms with E-state index >= 15 is 0 Å². The summed E-state index contributed by atoms with van der Waals surface area (Å²) in [4.78, 5) is 35.5. The van der Waals surface area contributed by atoms with Crippen LogP contribution in [-0.4, -0.2) is 28.4 Å². The molecule has 2 aromatic carbocycles. The lowest BCUT2D eigenvalue weighted by molar-refractivity contribution is -0.139. The van der Waals surface area contributed by atoms with Crippen molar-refractivity contribution >= 4 is 23.5 Å². The standard InChI is InChI=1S/C20H20N2O4/c23-17(24)13-20(11-4-12-20)22-19(26)15-7-9-16(10-8-15)21-18(25)14-5-2-1-3-6-14/h1-3,5-10H,4,11-13H2,(H,21,25)(H,22,26)(H,23,24). The van der Waals surface area contributed by atoms with Gasteiger partial charge in [0.1, 0.15) is 0 Å². The zero-order valence-electron chi connectivity index (χ0n) is 14.2. The lowest BCUT2D eigenvalue weighted by Crippen LogP contribution is -2.54. The van der Waals surface area contributed by atoms with E-state index in [-0.39, 0.29) is 18.2 Å². The number of benzene rings is 2. The van der Waals surface area contributed by atoms with Crippen molar-refractivity contribution in [1.29, 1.82) is 0 Å². The van der Waals surface area contributed by atoms with Gasteiger partial charge in [0.25, 0.3) is 11.8 Å². The molecule has 3 rings (SSSR count). The fraction of sp³-hybridized carbons (Fsp3) is 0.250. The molecule has 0 atom stereocenters. The van der Waals surface area contributed by atoms with Crippen LogP contribution in [0.4, 0.5) is 5.69 Å². The molecule has 6 heteroatoms. The van der Waals surface area contributed by atoms with Crippen LogP contribution in [0, 0.1) is 0 Å². The molecule has 134 valence electrons. The highest BCUT2D eigenvalue weighted by Gasteiger charge is 2.40. The van der Waals surface area contributed by atoms with Gasteiger partial charge < -0.3 is 15.7 Å². The Hall–Kier alpha value is -3.15. The van der Waals surface area contributed by atoms with E-state index in [4.69, 9.17) is 5.11 Å². The first-order valence-corrected chi connectivity index (χ1v) is 8.48. The van der Waals surface area contributed by atoms with Gasteiger partial charge >= 0.3 is 5.97 Å². The zero-order valence-corrected chi connectivity index (χ0v) is 14.2.